The first kappa shape index (κ1) is 15.0. The highest BCUT2D eigenvalue weighted by atomic mass is 16.5. The molecule has 2 unspecified atom stereocenters. The van der Waals surface area contributed by atoms with Crippen molar-refractivity contribution in [1.82, 2.24) is 5.32 Å². The molecule has 1 rings (SSSR count). The number of carbonyl (C=O) groups is 2. The molecular weight excluding hydrogens is 234 g/mol. The quantitative estimate of drug-likeness (QED) is 0.574. The molecule has 1 saturated heterocycles. The van der Waals surface area contributed by atoms with E-state index in [9.17, 15) is 9.59 Å². The van der Waals surface area contributed by atoms with Gasteiger partial charge in [0.15, 0.2) is 0 Å². The second kappa shape index (κ2) is 8.08. The van der Waals surface area contributed by atoms with E-state index in [0.29, 0.717) is 26.1 Å². The molecule has 0 radical (unpaired) electrons. The summed E-state index contributed by atoms with van der Waals surface area (Å²) in [7, 11) is 1.36. The van der Waals surface area contributed by atoms with E-state index >= 15 is 0 Å². The van der Waals surface area contributed by atoms with E-state index < -0.39 is 0 Å². The maximum atomic E-state index is 11.7. The van der Waals surface area contributed by atoms with Crippen molar-refractivity contribution < 1.29 is 19.1 Å². The minimum absolute atomic E-state index is 0.0178. The number of esters is 1. The molecule has 104 valence electrons. The lowest BCUT2D eigenvalue weighted by Gasteiger charge is -2.30. The van der Waals surface area contributed by atoms with Gasteiger partial charge in [0.1, 0.15) is 5.92 Å². The lowest BCUT2D eigenvalue weighted by Crippen LogP contribution is -2.48. The average Bonchev–Trinajstić information content (AvgIpc) is 2.39. The summed E-state index contributed by atoms with van der Waals surface area (Å²) in [5.41, 5.74) is 0. The summed E-state index contributed by atoms with van der Waals surface area (Å²) < 4.78 is 9.99. The molecule has 1 amide bonds. The summed E-state index contributed by atoms with van der Waals surface area (Å²) in [4.78, 5) is 23.3. The molecule has 0 saturated carbocycles. The average molecular weight is 257 g/mol. The molecule has 5 heteroatoms. The molecular formula is C13H23NO4. The number of ether oxygens (including phenoxy) is 2. The number of hydrogen-bond donors (Lipinski definition) is 1. The molecule has 1 N–H and O–H groups in total. The topological polar surface area (TPSA) is 64.6 Å². The zero-order valence-electron chi connectivity index (χ0n) is 11.2. The van der Waals surface area contributed by atoms with Gasteiger partial charge in [0.2, 0.25) is 5.91 Å². The number of amides is 1. The minimum Gasteiger partial charge on any atom is -0.469 e. The van der Waals surface area contributed by atoms with Gasteiger partial charge >= 0.3 is 5.97 Å². The van der Waals surface area contributed by atoms with Crippen LogP contribution >= 0.6 is 0 Å². The van der Waals surface area contributed by atoms with Gasteiger partial charge in [0.05, 0.1) is 13.7 Å². The van der Waals surface area contributed by atoms with Gasteiger partial charge in [-0.15, -0.1) is 0 Å². The minimum atomic E-state index is -0.376. The van der Waals surface area contributed by atoms with Gasteiger partial charge in [0, 0.05) is 19.1 Å². The molecule has 2 atom stereocenters. The number of carbonyl (C=O) groups excluding carboxylic acids is 2. The predicted molar refractivity (Wildman–Crippen MR) is 67.0 cm³/mol. The van der Waals surface area contributed by atoms with Crippen LogP contribution in [0.1, 0.15) is 39.0 Å². The second-order valence-electron chi connectivity index (χ2n) is 4.62. The van der Waals surface area contributed by atoms with E-state index in [2.05, 4.69) is 12.2 Å². The second-order valence-corrected chi connectivity index (χ2v) is 4.62. The summed E-state index contributed by atoms with van der Waals surface area (Å²) >= 11 is 0. The third-order valence-corrected chi connectivity index (χ3v) is 3.21. The Kier molecular flexibility index (Phi) is 6.72. The standard InChI is InChI=1S/C13H23NO4/c1-3-4-5-6-12(15)14-11-7-8-18-9-10(11)13(16)17-2/h10-11H,3-9H2,1-2H3,(H,14,15). The maximum absolute atomic E-state index is 11.7. The Morgan fingerprint density at radius 2 is 2.17 bits per heavy atom. The Morgan fingerprint density at radius 1 is 1.39 bits per heavy atom. The van der Waals surface area contributed by atoms with Crippen molar-refractivity contribution in [2.24, 2.45) is 5.92 Å². The van der Waals surface area contributed by atoms with Crippen molar-refractivity contribution >= 4 is 11.9 Å². The van der Waals surface area contributed by atoms with Gasteiger partial charge < -0.3 is 14.8 Å². The van der Waals surface area contributed by atoms with E-state index in [4.69, 9.17) is 9.47 Å². The van der Waals surface area contributed by atoms with E-state index in [1.807, 2.05) is 0 Å². The van der Waals surface area contributed by atoms with E-state index in [0.717, 1.165) is 19.3 Å². The molecule has 0 aliphatic carbocycles. The van der Waals surface area contributed by atoms with Crippen LogP contribution in [-0.2, 0) is 19.1 Å². The Hall–Kier alpha value is -1.10. The van der Waals surface area contributed by atoms with Crippen LogP contribution in [0.4, 0.5) is 0 Å². The van der Waals surface area contributed by atoms with E-state index in [-0.39, 0.29) is 23.8 Å². The first-order valence-electron chi connectivity index (χ1n) is 6.64. The van der Waals surface area contributed by atoms with Gasteiger partial charge in [-0.05, 0) is 12.8 Å². The maximum Gasteiger partial charge on any atom is 0.313 e. The third-order valence-electron chi connectivity index (χ3n) is 3.21. The molecule has 0 aromatic carbocycles. The fourth-order valence-electron chi connectivity index (χ4n) is 2.11. The normalized spacial score (nSPS) is 23.4. The highest BCUT2D eigenvalue weighted by Crippen LogP contribution is 2.16. The zero-order valence-corrected chi connectivity index (χ0v) is 11.2. The van der Waals surface area contributed by atoms with Gasteiger partial charge in [-0.2, -0.15) is 0 Å². The molecule has 0 aromatic heterocycles. The Bertz CT molecular complexity index is 280. The molecule has 18 heavy (non-hydrogen) atoms. The molecule has 1 fully saturated rings. The molecule has 0 aromatic rings. The van der Waals surface area contributed by atoms with Gasteiger partial charge in [-0.3, -0.25) is 9.59 Å². The van der Waals surface area contributed by atoms with Crippen molar-refractivity contribution in [3.05, 3.63) is 0 Å². The Labute approximate surface area is 108 Å². The lowest BCUT2D eigenvalue weighted by atomic mass is 9.95. The number of unbranched alkanes of at least 4 members (excludes halogenated alkanes) is 2. The van der Waals surface area contributed by atoms with Gasteiger partial charge in [-0.1, -0.05) is 19.8 Å². The lowest BCUT2D eigenvalue weighted by molar-refractivity contribution is -0.151. The molecule has 0 bridgehead atoms. The van der Waals surface area contributed by atoms with Crippen molar-refractivity contribution in [3.63, 3.8) is 0 Å². The zero-order chi connectivity index (χ0) is 13.4. The van der Waals surface area contributed by atoms with Crippen molar-refractivity contribution in [2.45, 2.75) is 45.1 Å². The largest absolute Gasteiger partial charge is 0.469 e. The summed E-state index contributed by atoms with van der Waals surface area (Å²) in [6.07, 6.45) is 4.24. The molecule has 0 spiro atoms. The summed E-state index contributed by atoms with van der Waals surface area (Å²) in [5, 5.41) is 2.92. The first-order chi connectivity index (χ1) is 8.69. The van der Waals surface area contributed by atoms with Crippen molar-refractivity contribution in [3.8, 4) is 0 Å². The van der Waals surface area contributed by atoms with Crippen LogP contribution in [0.25, 0.3) is 0 Å². The first-order valence-corrected chi connectivity index (χ1v) is 6.64. The Morgan fingerprint density at radius 3 is 2.83 bits per heavy atom. The summed E-state index contributed by atoms with van der Waals surface area (Å²) in [5.74, 6) is -0.670. The monoisotopic (exact) mass is 257 g/mol. The molecule has 5 nitrogen and oxygen atoms in total. The highest BCUT2D eigenvalue weighted by Gasteiger charge is 2.33. The summed E-state index contributed by atoms with van der Waals surface area (Å²) in [6.45, 7) is 3.00. The van der Waals surface area contributed by atoms with Gasteiger partial charge in [-0.25, -0.2) is 0 Å². The predicted octanol–water partition coefficient (Wildman–Crippen LogP) is 1.26. The van der Waals surface area contributed by atoms with Gasteiger partial charge in [0.25, 0.3) is 0 Å². The van der Waals surface area contributed by atoms with Crippen LogP contribution in [0.2, 0.25) is 0 Å². The molecule has 1 heterocycles. The Balaban J connectivity index is 2.41. The summed E-state index contributed by atoms with van der Waals surface area (Å²) in [6, 6.07) is -0.152. The number of methoxy groups -OCH3 is 1. The highest BCUT2D eigenvalue weighted by molar-refractivity contribution is 5.78. The van der Waals surface area contributed by atoms with Crippen LogP contribution in [0, 0.1) is 5.92 Å². The van der Waals surface area contributed by atoms with Crippen LogP contribution in [0.3, 0.4) is 0 Å². The van der Waals surface area contributed by atoms with Crippen LogP contribution < -0.4 is 5.32 Å². The van der Waals surface area contributed by atoms with Crippen LogP contribution in [0.15, 0.2) is 0 Å². The molecule has 1 aliphatic heterocycles. The van der Waals surface area contributed by atoms with E-state index in [1.54, 1.807) is 0 Å². The van der Waals surface area contributed by atoms with E-state index in [1.165, 1.54) is 7.11 Å². The van der Waals surface area contributed by atoms with Crippen molar-refractivity contribution in [1.29, 1.82) is 0 Å². The number of rotatable bonds is 6. The third kappa shape index (κ3) is 4.64. The number of nitrogens with one attached hydrogen (secondary N) is 1. The SMILES string of the molecule is CCCCCC(=O)NC1CCOCC1C(=O)OC. The molecule has 1 aliphatic rings. The smallest absolute Gasteiger partial charge is 0.313 e. The van der Waals surface area contributed by atoms with Crippen LogP contribution in [0.5, 0.6) is 0 Å². The number of hydrogen-bond acceptors (Lipinski definition) is 4. The van der Waals surface area contributed by atoms with Crippen molar-refractivity contribution in [2.75, 3.05) is 20.3 Å². The van der Waals surface area contributed by atoms with Crippen LogP contribution in [-0.4, -0.2) is 38.2 Å². The fraction of sp³-hybridized carbons (Fsp3) is 0.846. The fourth-order valence-corrected chi connectivity index (χ4v) is 2.11.